The molecule has 1 aromatic carbocycles. The minimum atomic E-state index is -3.96. The third-order valence-electron chi connectivity index (χ3n) is 7.22. The highest BCUT2D eigenvalue weighted by atomic mass is 32.2. The number of amides is 1. The Morgan fingerprint density at radius 2 is 1.84 bits per heavy atom. The molecule has 1 aromatic heterocycles. The zero-order valence-corrected chi connectivity index (χ0v) is 23.0. The van der Waals surface area contributed by atoms with E-state index in [-0.39, 0.29) is 23.5 Å². The number of carbonyl (C=O) groups excluding carboxylic acids is 1. The molecule has 37 heavy (non-hydrogen) atoms. The average Bonchev–Trinajstić information content (AvgIpc) is 3.52. The maximum Gasteiger partial charge on any atom is 0.407 e. The molecule has 1 unspecified atom stereocenters. The second kappa shape index (κ2) is 9.17. The van der Waals surface area contributed by atoms with Crippen LogP contribution in [0.1, 0.15) is 82.7 Å². The van der Waals surface area contributed by atoms with Gasteiger partial charge in [0.25, 0.3) is 0 Å². The van der Waals surface area contributed by atoms with Crippen molar-refractivity contribution in [2.45, 2.75) is 94.5 Å². The monoisotopic (exact) mass is 532 g/mol. The van der Waals surface area contributed by atoms with E-state index in [2.05, 4.69) is 19.9 Å². The topological polar surface area (TPSA) is 101 Å². The standard InChI is InChI=1S/C27H37FN4O4S/c1-26(2,3)36-25(33)31-17-13-32(14-17)23-9-8-18-19(23)11-24(37(34,35)30-15-27(4,5)28)20-10-22(16-6-7-16)29-12-21(18)20/h10-12,16-17,23,30H,6-9,13-15H2,1-5H3,(H,31,33). The first kappa shape index (κ1) is 26.3. The van der Waals surface area contributed by atoms with E-state index in [9.17, 15) is 17.6 Å². The number of alkyl halides is 1. The molecule has 8 nitrogen and oxygen atoms in total. The number of halogens is 1. The van der Waals surface area contributed by atoms with Gasteiger partial charge in [0, 0.05) is 54.3 Å². The number of pyridine rings is 1. The number of nitrogens with zero attached hydrogens (tertiary/aromatic N) is 2. The summed E-state index contributed by atoms with van der Waals surface area (Å²) in [6.07, 6.45) is 5.22. The average molecular weight is 533 g/mol. The summed E-state index contributed by atoms with van der Waals surface area (Å²) in [5.74, 6) is 0.384. The fourth-order valence-corrected chi connectivity index (χ4v) is 6.70. The van der Waals surface area contributed by atoms with Crippen LogP contribution < -0.4 is 10.0 Å². The fourth-order valence-electron chi connectivity index (χ4n) is 5.27. The first-order valence-electron chi connectivity index (χ1n) is 13.1. The summed E-state index contributed by atoms with van der Waals surface area (Å²) in [4.78, 5) is 19.3. The first-order valence-corrected chi connectivity index (χ1v) is 14.6. The van der Waals surface area contributed by atoms with Crippen molar-refractivity contribution >= 4 is 26.9 Å². The van der Waals surface area contributed by atoms with Crippen LogP contribution in [-0.4, -0.2) is 61.3 Å². The molecule has 1 atom stereocenters. The van der Waals surface area contributed by atoms with Crippen LogP contribution in [-0.2, 0) is 21.2 Å². The minimum Gasteiger partial charge on any atom is -0.444 e. The molecular formula is C27H37FN4O4S. The Kier molecular flexibility index (Phi) is 6.52. The Morgan fingerprint density at radius 3 is 2.46 bits per heavy atom. The van der Waals surface area contributed by atoms with Gasteiger partial charge in [0.05, 0.1) is 10.9 Å². The quantitative estimate of drug-likeness (QED) is 0.551. The van der Waals surface area contributed by atoms with Crippen molar-refractivity contribution in [3.63, 3.8) is 0 Å². The molecule has 202 valence electrons. The lowest BCUT2D eigenvalue weighted by Crippen LogP contribution is -2.60. The van der Waals surface area contributed by atoms with Gasteiger partial charge < -0.3 is 10.1 Å². The number of hydrogen-bond acceptors (Lipinski definition) is 6. The molecule has 3 aliphatic rings. The van der Waals surface area contributed by atoms with Crippen LogP contribution in [0.5, 0.6) is 0 Å². The molecule has 2 aromatic rings. The van der Waals surface area contributed by atoms with E-state index in [1.54, 1.807) is 6.07 Å². The molecule has 1 aliphatic heterocycles. The lowest BCUT2D eigenvalue weighted by atomic mass is 9.97. The van der Waals surface area contributed by atoms with Crippen LogP contribution in [0.25, 0.3) is 10.8 Å². The molecule has 1 amide bonds. The predicted octanol–water partition coefficient (Wildman–Crippen LogP) is 4.33. The Balaban J connectivity index is 1.43. The number of alkyl carbamates (subject to hydrolysis) is 1. The molecule has 2 heterocycles. The number of carbonyl (C=O) groups is 1. The normalized spacial score (nSPS) is 21.1. The minimum absolute atomic E-state index is 0.0150. The number of aromatic nitrogens is 1. The maximum absolute atomic E-state index is 14.2. The highest BCUT2D eigenvalue weighted by Gasteiger charge is 2.39. The molecule has 5 rings (SSSR count). The van der Waals surface area contributed by atoms with Crippen molar-refractivity contribution in [1.29, 1.82) is 0 Å². The highest BCUT2D eigenvalue weighted by Crippen LogP contribution is 2.45. The van der Waals surface area contributed by atoms with Crippen LogP contribution in [0.2, 0.25) is 0 Å². The van der Waals surface area contributed by atoms with E-state index < -0.39 is 27.4 Å². The molecule has 1 saturated carbocycles. The summed E-state index contributed by atoms with van der Waals surface area (Å²) < 4.78 is 49.0. The van der Waals surface area contributed by atoms with Gasteiger partial charge in [-0.1, -0.05) is 0 Å². The van der Waals surface area contributed by atoms with E-state index in [1.807, 2.05) is 33.0 Å². The van der Waals surface area contributed by atoms with E-state index in [4.69, 9.17) is 4.74 Å². The van der Waals surface area contributed by atoms with Gasteiger partial charge in [-0.15, -0.1) is 0 Å². The first-order chi connectivity index (χ1) is 17.2. The number of benzene rings is 1. The zero-order valence-electron chi connectivity index (χ0n) is 22.2. The fraction of sp³-hybridized carbons (Fsp3) is 0.630. The second-order valence-corrected chi connectivity index (χ2v) is 14.0. The highest BCUT2D eigenvalue weighted by molar-refractivity contribution is 7.89. The van der Waals surface area contributed by atoms with E-state index in [0.29, 0.717) is 24.4 Å². The third-order valence-corrected chi connectivity index (χ3v) is 8.66. The Morgan fingerprint density at radius 1 is 1.14 bits per heavy atom. The maximum atomic E-state index is 14.2. The Hall–Kier alpha value is -2.30. The van der Waals surface area contributed by atoms with Gasteiger partial charge in [-0.25, -0.2) is 22.3 Å². The number of ether oxygens (including phenoxy) is 1. The van der Waals surface area contributed by atoms with Gasteiger partial charge in [0.15, 0.2) is 0 Å². The van der Waals surface area contributed by atoms with Crippen molar-refractivity contribution in [3.05, 3.63) is 35.2 Å². The summed E-state index contributed by atoms with van der Waals surface area (Å²) in [6.45, 7) is 9.22. The number of fused-ring (bicyclic) bond motifs is 3. The summed E-state index contributed by atoms with van der Waals surface area (Å²) in [7, 11) is -3.96. The zero-order chi connectivity index (χ0) is 26.8. The summed E-state index contributed by atoms with van der Waals surface area (Å²) >= 11 is 0. The Labute approximate surface area is 218 Å². The predicted molar refractivity (Wildman–Crippen MR) is 140 cm³/mol. The SMILES string of the molecule is CC(C)(F)CNS(=O)(=O)c1cc2c(c3cnc(C4CC4)cc13)CCC2N1CC(NC(=O)OC(C)(C)C)C1. The Bertz CT molecular complexity index is 1320. The van der Waals surface area contributed by atoms with Crippen molar-refractivity contribution in [2.75, 3.05) is 19.6 Å². The van der Waals surface area contributed by atoms with E-state index in [0.717, 1.165) is 47.9 Å². The van der Waals surface area contributed by atoms with E-state index in [1.165, 1.54) is 13.8 Å². The van der Waals surface area contributed by atoms with Gasteiger partial charge >= 0.3 is 6.09 Å². The smallest absolute Gasteiger partial charge is 0.407 e. The largest absolute Gasteiger partial charge is 0.444 e. The molecule has 10 heteroatoms. The van der Waals surface area contributed by atoms with Crippen molar-refractivity contribution < 1.29 is 22.3 Å². The molecule has 0 spiro atoms. The van der Waals surface area contributed by atoms with Gasteiger partial charge in [0.1, 0.15) is 11.3 Å². The molecule has 2 N–H and O–H groups in total. The van der Waals surface area contributed by atoms with Crippen LogP contribution in [0, 0.1) is 0 Å². The molecule has 0 radical (unpaired) electrons. The van der Waals surface area contributed by atoms with Crippen LogP contribution in [0.3, 0.4) is 0 Å². The third kappa shape index (κ3) is 5.76. The lowest BCUT2D eigenvalue weighted by Gasteiger charge is -2.43. The number of likely N-dealkylation sites (tertiary alicyclic amines) is 1. The van der Waals surface area contributed by atoms with Crippen molar-refractivity contribution in [2.24, 2.45) is 0 Å². The molecule has 0 bridgehead atoms. The van der Waals surface area contributed by atoms with E-state index >= 15 is 0 Å². The van der Waals surface area contributed by atoms with Crippen LogP contribution >= 0.6 is 0 Å². The summed E-state index contributed by atoms with van der Waals surface area (Å²) in [5.41, 5.74) is 0.798. The van der Waals surface area contributed by atoms with Gasteiger partial charge in [0.2, 0.25) is 10.0 Å². The van der Waals surface area contributed by atoms with Gasteiger partial charge in [-0.2, -0.15) is 0 Å². The summed E-state index contributed by atoms with van der Waals surface area (Å²) in [6, 6.07) is 3.73. The number of nitrogens with one attached hydrogen (secondary N) is 2. The number of hydrogen-bond donors (Lipinski definition) is 2. The molecule has 2 fully saturated rings. The molecule has 1 saturated heterocycles. The van der Waals surface area contributed by atoms with Gasteiger partial charge in [-0.3, -0.25) is 9.88 Å². The molecule has 2 aliphatic carbocycles. The number of sulfonamides is 1. The van der Waals surface area contributed by atoms with Crippen LogP contribution in [0.4, 0.5) is 9.18 Å². The lowest BCUT2D eigenvalue weighted by molar-refractivity contribution is 0.0320. The van der Waals surface area contributed by atoms with Crippen molar-refractivity contribution in [3.8, 4) is 0 Å². The summed E-state index contributed by atoms with van der Waals surface area (Å²) in [5, 5.41) is 4.43. The number of aryl methyl sites for hydroxylation is 1. The van der Waals surface area contributed by atoms with Gasteiger partial charge in [-0.05, 0) is 83.6 Å². The van der Waals surface area contributed by atoms with Crippen LogP contribution in [0.15, 0.2) is 23.2 Å². The molecular weight excluding hydrogens is 495 g/mol. The van der Waals surface area contributed by atoms with Crippen molar-refractivity contribution in [1.82, 2.24) is 19.9 Å². The second-order valence-electron chi connectivity index (χ2n) is 12.3. The number of rotatable bonds is 7.